The second-order valence-corrected chi connectivity index (χ2v) is 3.97. The zero-order chi connectivity index (χ0) is 9.35. The van der Waals surface area contributed by atoms with Gasteiger partial charge in [0, 0.05) is 12.4 Å². The summed E-state index contributed by atoms with van der Waals surface area (Å²) in [6, 6.07) is 0. The molecule has 1 aromatic rings. The van der Waals surface area contributed by atoms with Crippen LogP contribution >= 0.6 is 0 Å². The number of nitrogens with zero attached hydrogens (tertiary/aromatic N) is 2. The highest BCUT2D eigenvalue weighted by Crippen LogP contribution is 2.00. The Kier molecular flexibility index (Phi) is 1.89. The fraction of sp³-hybridized carbons (Fsp3) is 0.200. The molecule has 66 valence electrons. The zero-order valence-corrected chi connectivity index (χ0v) is 6.95. The SMILES string of the molecule is CS(=O)(=O)n1ccnc1C(=O)O. The van der Waals surface area contributed by atoms with Crippen LogP contribution in [0.5, 0.6) is 0 Å². The monoisotopic (exact) mass is 190 g/mol. The third kappa shape index (κ3) is 1.45. The van der Waals surface area contributed by atoms with Crippen molar-refractivity contribution in [1.82, 2.24) is 8.96 Å². The fourth-order valence-electron chi connectivity index (χ4n) is 0.709. The topological polar surface area (TPSA) is 89.3 Å². The first kappa shape index (κ1) is 8.72. The van der Waals surface area contributed by atoms with Gasteiger partial charge in [0.15, 0.2) is 0 Å². The average molecular weight is 190 g/mol. The molecule has 0 unspecified atom stereocenters. The number of carbonyl (C=O) groups is 1. The van der Waals surface area contributed by atoms with Gasteiger partial charge in [-0.2, -0.15) is 0 Å². The molecule has 0 aromatic carbocycles. The van der Waals surface area contributed by atoms with Gasteiger partial charge in [-0.05, 0) is 0 Å². The van der Waals surface area contributed by atoms with E-state index >= 15 is 0 Å². The molecule has 0 aliphatic heterocycles. The summed E-state index contributed by atoms with van der Waals surface area (Å²) >= 11 is 0. The lowest BCUT2D eigenvalue weighted by molar-refractivity contribution is 0.0682. The van der Waals surface area contributed by atoms with Crippen LogP contribution in [0.1, 0.15) is 10.6 Å². The molecule has 0 spiro atoms. The molecule has 0 radical (unpaired) electrons. The lowest BCUT2D eigenvalue weighted by Gasteiger charge is -1.99. The van der Waals surface area contributed by atoms with Gasteiger partial charge >= 0.3 is 5.97 Å². The second kappa shape index (κ2) is 2.59. The minimum atomic E-state index is -3.56. The molecule has 0 saturated carbocycles. The Labute approximate surface area is 68.5 Å². The van der Waals surface area contributed by atoms with E-state index in [4.69, 9.17) is 5.11 Å². The van der Waals surface area contributed by atoms with Crippen molar-refractivity contribution in [3.05, 3.63) is 18.2 Å². The molecular weight excluding hydrogens is 184 g/mol. The summed E-state index contributed by atoms with van der Waals surface area (Å²) in [6.07, 6.45) is 3.10. The van der Waals surface area contributed by atoms with Crippen molar-refractivity contribution in [2.75, 3.05) is 6.26 Å². The lowest BCUT2D eigenvalue weighted by atomic mass is 10.6. The van der Waals surface area contributed by atoms with Crippen LogP contribution in [0.2, 0.25) is 0 Å². The number of carboxylic acids is 1. The molecule has 0 aliphatic carbocycles. The third-order valence-electron chi connectivity index (χ3n) is 1.16. The summed E-state index contributed by atoms with van der Waals surface area (Å²) in [5, 5.41) is 8.47. The number of rotatable bonds is 2. The maximum atomic E-state index is 10.9. The number of aromatic nitrogens is 2. The molecule has 6 nitrogen and oxygen atoms in total. The van der Waals surface area contributed by atoms with Crippen LogP contribution in [0.15, 0.2) is 12.4 Å². The Hall–Kier alpha value is -1.37. The summed E-state index contributed by atoms with van der Waals surface area (Å²) in [4.78, 5) is 13.7. The van der Waals surface area contributed by atoms with E-state index in [1.165, 1.54) is 0 Å². The standard InChI is InChI=1S/C5H6N2O4S/c1-12(10,11)7-3-2-6-4(7)5(8)9/h2-3H,1H3,(H,8,9). The van der Waals surface area contributed by atoms with Gasteiger partial charge in [0.25, 0.3) is 0 Å². The zero-order valence-electron chi connectivity index (χ0n) is 6.13. The van der Waals surface area contributed by atoms with E-state index in [-0.39, 0.29) is 0 Å². The van der Waals surface area contributed by atoms with E-state index in [1.807, 2.05) is 0 Å². The molecular formula is C5H6N2O4S. The number of hydrogen-bond donors (Lipinski definition) is 1. The van der Waals surface area contributed by atoms with Crippen LogP contribution in [0.3, 0.4) is 0 Å². The van der Waals surface area contributed by atoms with Crippen molar-refractivity contribution in [3.8, 4) is 0 Å². The van der Waals surface area contributed by atoms with Crippen molar-refractivity contribution in [3.63, 3.8) is 0 Å². The number of carboxylic acid groups (broad SMARTS) is 1. The second-order valence-electron chi connectivity index (χ2n) is 2.11. The minimum absolute atomic E-state index is 0.502. The first-order valence-electron chi connectivity index (χ1n) is 2.90. The first-order valence-corrected chi connectivity index (χ1v) is 4.75. The van der Waals surface area contributed by atoms with E-state index in [1.54, 1.807) is 0 Å². The Morgan fingerprint density at radius 3 is 2.58 bits per heavy atom. The summed E-state index contributed by atoms with van der Waals surface area (Å²) in [6.45, 7) is 0. The molecule has 0 amide bonds. The van der Waals surface area contributed by atoms with Gasteiger partial charge in [-0.1, -0.05) is 0 Å². The summed E-state index contributed by atoms with van der Waals surface area (Å²) in [5.74, 6) is -1.87. The molecule has 1 N–H and O–H groups in total. The van der Waals surface area contributed by atoms with E-state index in [0.717, 1.165) is 18.6 Å². The van der Waals surface area contributed by atoms with Crippen LogP contribution in [-0.4, -0.2) is 34.7 Å². The normalized spacial score (nSPS) is 11.4. The number of hydrogen-bond acceptors (Lipinski definition) is 4. The summed E-state index contributed by atoms with van der Waals surface area (Å²) in [7, 11) is -3.56. The van der Waals surface area contributed by atoms with Gasteiger partial charge in [0.05, 0.1) is 6.26 Å². The Balaban J connectivity index is 3.36. The third-order valence-corrected chi connectivity index (χ3v) is 2.17. The molecule has 0 saturated heterocycles. The van der Waals surface area contributed by atoms with E-state index < -0.39 is 21.8 Å². The highest BCUT2D eigenvalue weighted by molar-refractivity contribution is 7.89. The van der Waals surface area contributed by atoms with Gasteiger partial charge in [-0.3, -0.25) is 0 Å². The van der Waals surface area contributed by atoms with E-state index in [2.05, 4.69) is 4.98 Å². The van der Waals surface area contributed by atoms with Crippen LogP contribution in [0.25, 0.3) is 0 Å². The molecule has 0 atom stereocenters. The van der Waals surface area contributed by atoms with Gasteiger partial charge in [-0.15, -0.1) is 0 Å². The fourth-order valence-corrected chi connectivity index (χ4v) is 1.42. The predicted molar refractivity (Wildman–Crippen MR) is 39.4 cm³/mol. The number of imidazole rings is 1. The molecule has 0 fully saturated rings. The van der Waals surface area contributed by atoms with Crippen LogP contribution < -0.4 is 0 Å². The van der Waals surface area contributed by atoms with E-state index in [0.29, 0.717) is 3.97 Å². The largest absolute Gasteiger partial charge is 0.475 e. The van der Waals surface area contributed by atoms with Crippen LogP contribution in [0, 0.1) is 0 Å². The van der Waals surface area contributed by atoms with Crippen molar-refractivity contribution in [2.24, 2.45) is 0 Å². The highest BCUT2D eigenvalue weighted by Gasteiger charge is 2.16. The van der Waals surface area contributed by atoms with Gasteiger partial charge in [0.2, 0.25) is 15.8 Å². The highest BCUT2D eigenvalue weighted by atomic mass is 32.2. The summed E-state index contributed by atoms with van der Waals surface area (Å²) in [5.41, 5.74) is 0. The van der Waals surface area contributed by atoms with Crippen LogP contribution in [-0.2, 0) is 10.0 Å². The molecule has 12 heavy (non-hydrogen) atoms. The molecule has 7 heteroatoms. The van der Waals surface area contributed by atoms with Gasteiger partial charge in [-0.25, -0.2) is 22.2 Å². The Morgan fingerprint density at radius 1 is 1.67 bits per heavy atom. The van der Waals surface area contributed by atoms with Crippen LogP contribution in [0.4, 0.5) is 0 Å². The Morgan fingerprint density at radius 2 is 2.25 bits per heavy atom. The predicted octanol–water partition coefficient (Wildman–Crippen LogP) is -0.611. The lowest BCUT2D eigenvalue weighted by Crippen LogP contribution is -2.16. The molecule has 1 aromatic heterocycles. The molecule has 1 rings (SSSR count). The van der Waals surface area contributed by atoms with Gasteiger partial charge < -0.3 is 5.11 Å². The maximum Gasteiger partial charge on any atom is 0.373 e. The van der Waals surface area contributed by atoms with Crippen molar-refractivity contribution >= 4 is 16.0 Å². The minimum Gasteiger partial charge on any atom is -0.475 e. The first-order chi connectivity index (χ1) is 5.43. The number of aromatic carboxylic acids is 1. The maximum absolute atomic E-state index is 10.9. The molecule has 1 heterocycles. The van der Waals surface area contributed by atoms with Crippen molar-refractivity contribution in [1.29, 1.82) is 0 Å². The smallest absolute Gasteiger partial charge is 0.373 e. The quantitative estimate of drug-likeness (QED) is 0.671. The molecule has 0 bridgehead atoms. The molecule has 0 aliphatic rings. The average Bonchev–Trinajstić information content (AvgIpc) is 2.30. The van der Waals surface area contributed by atoms with E-state index in [9.17, 15) is 13.2 Å². The van der Waals surface area contributed by atoms with Crippen molar-refractivity contribution < 1.29 is 18.3 Å². The Bertz CT molecular complexity index is 405. The summed E-state index contributed by atoms with van der Waals surface area (Å²) < 4.78 is 22.4. The van der Waals surface area contributed by atoms with Crippen molar-refractivity contribution in [2.45, 2.75) is 0 Å². The van der Waals surface area contributed by atoms with Gasteiger partial charge in [0.1, 0.15) is 0 Å².